The monoisotopic (exact) mass is 494 g/mol. The van der Waals surface area contributed by atoms with Gasteiger partial charge in [0, 0.05) is 18.3 Å². The normalized spacial score (nSPS) is 16.7. The summed E-state index contributed by atoms with van der Waals surface area (Å²) in [5.41, 5.74) is 1.90. The zero-order valence-corrected chi connectivity index (χ0v) is 20.6. The lowest BCUT2D eigenvalue weighted by molar-refractivity contribution is -0.119. The lowest BCUT2D eigenvalue weighted by Gasteiger charge is -2.40. The number of hydrogen-bond acceptors (Lipinski definition) is 6. The lowest BCUT2D eigenvalue weighted by atomic mass is 9.79. The number of benzene rings is 3. The number of fused-ring (bicyclic) bond motifs is 1. The van der Waals surface area contributed by atoms with E-state index in [1.807, 2.05) is 0 Å². The highest BCUT2D eigenvalue weighted by molar-refractivity contribution is 6.05. The summed E-state index contributed by atoms with van der Waals surface area (Å²) >= 11 is 0. The Hall–Kier alpha value is -4.27. The zero-order valence-electron chi connectivity index (χ0n) is 20.6. The van der Waals surface area contributed by atoms with Crippen molar-refractivity contribution in [3.05, 3.63) is 77.1 Å². The van der Waals surface area contributed by atoms with E-state index in [4.69, 9.17) is 18.9 Å². The van der Waals surface area contributed by atoms with Gasteiger partial charge in [-0.15, -0.1) is 0 Å². The van der Waals surface area contributed by atoms with Crippen molar-refractivity contribution in [1.29, 1.82) is 0 Å². The number of amides is 2. The zero-order chi connectivity index (χ0) is 26.0. The van der Waals surface area contributed by atoms with Gasteiger partial charge in [-0.1, -0.05) is 6.07 Å². The molecule has 36 heavy (non-hydrogen) atoms. The number of halogens is 1. The van der Waals surface area contributed by atoms with Crippen LogP contribution in [0.5, 0.6) is 23.0 Å². The van der Waals surface area contributed by atoms with E-state index in [1.54, 1.807) is 37.4 Å². The average Bonchev–Trinajstić information content (AvgIpc) is 2.90. The van der Waals surface area contributed by atoms with Crippen LogP contribution in [0, 0.1) is 5.82 Å². The Balaban J connectivity index is 1.89. The minimum atomic E-state index is -0.842. The van der Waals surface area contributed by atoms with E-state index >= 15 is 0 Å². The van der Waals surface area contributed by atoms with E-state index in [1.165, 1.54) is 57.6 Å². The molecule has 9 heteroatoms. The molecule has 1 N–H and O–H groups in total. The third-order valence-corrected chi connectivity index (χ3v) is 6.32. The van der Waals surface area contributed by atoms with Crippen molar-refractivity contribution in [3.8, 4) is 23.0 Å². The molecular formula is C27H27FN2O6. The Morgan fingerprint density at radius 3 is 2.03 bits per heavy atom. The van der Waals surface area contributed by atoms with Crippen LogP contribution in [0.4, 0.5) is 10.1 Å². The van der Waals surface area contributed by atoms with Gasteiger partial charge in [-0.05, 0) is 59.7 Å². The second kappa shape index (κ2) is 10.2. The van der Waals surface area contributed by atoms with Gasteiger partial charge in [0.1, 0.15) is 5.82 Å². The van der Waals surface area contributed by atoms with E-state index in [0.717, 1.165) is 0 Å². The highest BCUT2D eigenvalue weighted by Crippen LogP contribution is 2.47. The fraction of sp³-hybridized carbons (Fsp3) is 0.259. The van der Waals surface area contributed by atoms with Crippen LogP contribution in [0.1, 0.15) is 33.4 Å². The molecule has 2 amide bonds. The van der Waals surface area contributed by atoms with Gasteiger partial charge >= 0.3 is 0 Å². The van der Waals surface area contributed by atoms with Gasteiger partial charge < -0.3 is 29.2 Å². The standard InChI is InChI=1S/C27H27FN2O6/c1-30-25(15-6-11-20(33-2)21(12-15)34-3)24(26(31)29-17-9-7-16(28)8-10-17)18-13-22(35-4)23(36-5)14-19(18)27(30)32/h6-14,24-25H,1-5H3,(H,29,31)/t24-,25-/m0/s1. The second-order valence-corrected chi connectivity index (χ2v) is 8.24. The molecule has 2 atom stereocenters. The van der Waals surface area contributed by atoms with Gasteiger partial charge in [-0.3, -0.25) is 9.59 Å². The summed E-state index contributed by atoms with van der Waals surface area (Å²) in [4.78, 5) is 28.8. The molecule has 0 aliphatic carbocycles. The number of anilines is 1. The number of nitrogens with one attached hydrogen (secondary N) is 1. The van der Waals surface area contributed by atoms with Crippen molar-refractivity contribution in [2.75, 3.05) is 40.8 Å². The summed E-state index contributed by atoms with van der Waals surface area (Å²) in [5, 5.41) is 2.86. The fourth-order valence-corrected chi connectivity index (χ4v) is 4.54. The molecule has 0 saturated heterocycles. The molecule has 1 aliphatic heterocycles. The number of methoxy groups -OCH3 is 4. The number of ether oxygens (including phenoxy) is 4. The van der Waals surface area contributed by atoms with Crippen molar-refractivity contribution in [3.63, 3.8) is 0 Å². The molecule has 0 bridgehead atoms. The Morgan fingerprint density at radius 2 is 1.42 bits per heavy atom. The van der Waals surface area contributed by atoms with Gasteiger partial charge in [0.15, 0.2) is 23.0 Å². The van der Waals surface area contributed by atoms with Crippen LogP contribution < -0.4 is 24.3 Å². The van der Waals surface area contributed by atoms with E-state index in [2.05, 4.69) is 5.32 Å². The van der Waals surface area contributed by atoms with E-state index in [0.29, 0.717) is 45.4 Å². The number of rotatable bonds is 7. The van der Waals surface area contributed by atoms with Crippen molar-refractivity contribution >= 4 is 17.5 Å². The molecule has 1 aliphatic rings. The number of likely N-dealkylation sites (N-methyl/N-ethyl adjacent to an activating group) is 1. The predicted octanol–water partition coefficient (Wildman–Crippen LogP) is 4.41. The number of carbonyl (C=O) groups excluding carboxylic acids is 2. The first kappa shape index (κ1) is 24.8. The molecule has 1 heterocycles. The van der Waals surface area contributed by atoms with Gasteiger partial charge in [-0.25, -0.2) is 4.39 Å². The van der Waals surface area contributed by atoms with Gasteiger partial charge in [0.05, 0.1) is 40.4 Å². The van der Waals surface area contributed by atoms with Crippen LogP contribution in [0.25, 0.3) is 0 Å². The lowest BCUT2D eigenvalue weighted by Crippen LogP contribution is -2.44. The van der Waals surface area contributed by atoms with Gasteiger partial charge in [0.2, 0.25) is 5.91 Å². The van der Waals surface area contributed by atoms with Crippen molar-refractivity contribution in [1.82, 2.24) is 4.90 Å². The minimum absolute atomic E-state index is 0.281. The first-order valence-electron chi connectivity index (χ1n) is 11.1. The Labute approximate surface area is 208 Å². The summed E-state index contributed by atoms with van der Waals surface area (Å²) in [6, 6.07) is 13.3. The molecule has 3 aromatic rings. The topological polar surface area (TPSA) is 86.3 Å². The van der Waals surface area contributed by atoms with E-state index in [9.17, 15) is 14.0 Å². The van der Waals surface area contributed by atoms with Crippen LogP contribution in [0.3, 0.4) is 0 Å². The first-order valence-corrected chi connectivity index (χ1v) is 11.1. The highest BCUT2D eigenvalue weighted by Gasteiger charge is 2.44. The molecule has 0 aromatic heterocycles. The molecule has 3 aromatic carbocycles. The molecule has 0 spiro atoms. The number of carbonyl (C=O) groups is 2. The molecule has 188 valence electrons. The summed E-state index contributed by atoms with van der Waals surface area (Å²) in [5.74, 6) is -0.172. The van der Waals surface area contributed by atoms with Crippen LogP contribution in [-0.4, -0.2) is 52.2 Å². The largest absolute Gasteiger partial charge is 0.493 e. The molecule has 8 nitrogen and oxygen atoms in total. The van der Waals surface area contributed by atoms with Crippen LogP contribution >= 0.6 is 0 Å². The van der Waals surface area contributed by atoms with Crippen LogP contribution in [-0.2, 0) is 4.79 Å². The fourth-order valence-electron chi connectivity index (χ4n) is 4.54. The maximum absolute atomic E-state index is 13.8. The number of hydrogen-bond donors (Lipinski definition) is 1. The van der Waals surface area contributed by atoms with Crippen molar-refractivity contribution in [2.24, 2.45) is 0 Å². The van der Waals surface area contributed by atoms with Crippen molar-refractivity contribution < 1.29 is 32.9 Å². The third kappa shape index (κ3) is 4.39. The molecular weight excluding hydrogens is 467 g/mol. The third-order valence-electron chi connectivity index (χ3n) is 6.32. The Kier molecular flexibility index (Phi) is 7.00. The molecule has 0 fully saturated rings. The number of nitrogens with zero attached hydrogens (tertiary/aromatic N) is 1. The van der Waals surface area contributed by atoms with E-state index in [-0.39, 0.29) is 11.8 Å². The van der Waals surface area contributed by atoms with Gasteiger partial charge in [0.25, 0.3) is 5.91 Å². The van der Waals surface area contributed by atoms with Crippen LogP contribution in [0.15, 0.2) is 54.6 Å². The second-order valence-electron chi connectivity index (χ2n) is 8.24. The average molecular weight is 495 g/mol. The van der Waals surface area contributed by atoms with Crippen LogP contribution in [0.2, 0.25) is 0 Å². The predicted molar refractivity (Wildman–Crippen MR) is 132 cm³/mol. The molecule has 0 saturated carbocycles. The molecule has 0 radical (unpaired) electrons. The van der Waals surface area contributed by atoms with E-state index < -0.39 is 17.8 Å². The maximum atomic E-state index is 13.8. The van der Waals surface area contributed by atoms with Crippen molar-refractivity contribution in [2.45, 2.75) is 12.0 Å². The summed E-state index contributed by atoms with van der Waals surface area (Å²) in [7, 11) is 7.65. The molecule has 4 rings (SSSR count). The molecule has 0 unspecified atom stereocenters. The SMILES string of the molecule is COc1ccc([C@H]2[C@@H](C(=O)Nc3ccc(F)cc3)c3cc(OC)c(OC)cc3C(=O)N2C)cc1OC. The maximum Gasteiger partial charge on any atom is 0.254 e. The quantitative estimate of drug-likeness (QED) is 0.524. The Bertz CT molecular complexity index is 1290. The smallest absolute Gasteiger partial charge is 0.254 e. The summed E-state index contributed by atoms with van der Waals surface area (Å²) in [6.07, 6.45) is 0. The summed E-state index contributed by atoms with van der Waals surface area (Å²) in [6.45, 7) is 0. The minimum Gasteiger partial charge on any atom is -0.493 e. The Morgan fingerprint density at radius 1 is 0.833 bits per heavy atom. The summed E-state index contributed by atoms with van der Waals surface area (Å²) < 4.78 is 35.1. The highest BCUT2D eigenvalue weighted by atomic mass is 19.1. The first-order chi connectivity index (χ1) is 17.3. The van der Waals surface area contributed by atoms with Gasteiger partial charge in [-0.2, -0.15) is 0 Å².